The van der Waals surface area contributed by atoms with Crippen molar-refractivity contribution in [3.8, 4) is 11.5 Å². The molecule has 10 heteroatoms. The van der Waals surface area contributed by atoms with Crippen LogP contribution in [-0.2, 0) is 11.4 Å². The number of hydrogen-bond donors (Lipinski definition) is 2. The SMILES string of the molecule is CCOc1cc(C=NNC(=O)C(NC(=O)c2ccccc2)C(C)C)cc(Br)c1OCc1ccc(Cl)cc1Cl. The van der Waals surface area contributed by atoms with Crippen LogP contribution in [-0.4, -0.2) is 30.7 Å². The fourth-order valence-electron chi connectivity index (χ4n) is 3.44. The second-order valence-electron chi connectivity index (χ2n) is 8.58. The van der Waals surface area contributed by atoms with Crippen molar-refractivity contribution in [3.05, 3.63) is 91.9 Å². The van der Waals surface area contributed by atoms with Gasteiger partial charge in [0.1, 0.15) is 12.6 Å². The van der Waals surface area contributed by atoms with Gasteiger partial charge in [-0.25, -0.2) is 5.43 Å². The monoisotopic (exact) mass is 619 g/mol. The van der Waals surface area contributed by atoms with E-state index < -0.39 is 11.9 Å². The Kier molecular flexibility index (Phi) is 11.0. The van der Waals surface area contributed by atoms with Crippen molar-refractivity contribution in [2.24, 2.45) is 11.0 Å². The van der Waals surface area contributed by atoms with Gasteiger partial charge < -0.3 is 14.8 Å². The molecule has 1 atom stereocenters. The molecule has 0 aliphatic carbocycles. The Morgan fingerprint density at radius 3 is 2.45 bits per heavy atom. The topological polar surface area (TPSA) is 89.0 Å². The van der Waals surface area contributed by atoms with Crippen molar-refractivity contribution < 1.29 is 19.1 Å². The van der Waals surface area contributed by atoms with Gasteiger partial charge in [-0.2, -0.15) is 5.10 Å². The number of ether oxygens (including phenoxy) is 2. The number of nitrogens with zero attached hydrogens (tertiary/aromatic N) is 1. The van der Waals surface area contributed by atoms with Gasteiger partial charge in [-0.05, 0) is 70.7 Å². The van der Waals surface area contributed by atoms with E-state index in [0.29, 0.717) is 43.8 Å². The van der Waals surface area contributed by atoms with Crippen LogP contribution in [0, 0.1) is 5.92 Å². The van der Waals surface area contributed by atoms with E-state index in [2.05, 4.69) is 31.8 Å². The number of benzene rings is 3. The van der Waals surface area contributed by atoms with Crippen LogP contribution < -0.4 is 20.2 Å². The molecule has 3 rings (SSSR count). The zero-order valence-corrected chi connectivity index (χ0v) is 24.2. The summed E-state index contributed by atoms with van der Waals surface area (Å²) in [5.74, 6) is 0.0909. The van der Waals surface area contributed by atoms with Gasteiger partial charge in [0.2, 0.25) is 0 Å². The van der Waals surface area contributed by atoms with Gasteiger partial charge in [0.25, 0.3) is 11.8 Å². The zero-order chi connectivity index (χ0) is 27.7. The maximum atomic E-state index is 12.8. The molecule has 0 radical (unpaired) electrons. The Bertz CT molecular complexity index is 1300. The van der Waals surface area contributed by atoms with Crippen molar-refractivity contribution in [1.29, 1.82) is 0 Å². The Morgan fingerprint density at radius 2 is 1.79 bits per heavy atom. The average molecular weight is 621 g/mol. The summed E-state index contributed by atoms with van der Waals surface area (Å²) < 4.78 is 12.4. The van der Waals surface area contributed by atoms with Gasteiger partial charge in [0, 0.05) is 21.2 Å². The first kappa shape index (κ1) is 29.5. The smallest absolute Gasteiger partial charge is 0.262 e. The van der Waals surface area contributed by atoms with Crippen LogP contribution in [0.4, 0.5) is 0 Å². The first-order valence-corrected chi connectivity index (χ1v) is 13.5. The summed E-state index contributed by atoms with van der Waals surface area (Å²) in [5, 5.41) is 7.91. The highest BCUT2D eigenvalue weighted by molar-refractivity contribution is 9.10. The molecule has 7 nitrogen and oxygen atoms in total. The highest BCUT2D eigenvalue weighted by Crippen LogP contribution is 2.37. The highest BCUT2D eigenvalue weighted by atomic mass is 79.9. The van der Waals surface area contributed by atoms with Crippen LogP contribution in [0.25, 0.3) is 0 Å². The summed E-state index contributed by atoms with van der Waals surface area (Å²) in [7, 11) is 0. The molecule has 200 valence electrons. The van der Waals surface area contributed by atoms with Gasteiger partial charge in [-0.3, -0.25) is 9.59 Å². The molecule has 2 amide bonds. The lowest BCUT2D eigenvalue weighted by Gasteiger charge is -2.20. The molecule has 0 bridgehead atoms. The van der Waals surface area contributed by atoms with Crippen molar-refractivity contribution in [3.63, 3.8) is 0 Å². The largest absolute Gasteiger partial charge is 0.490 e. The Morgan fingerprint density at radius 1 is 1.05 bits per heavy atom. The van der Waals surface area contributed by atoms with Crippen LogP contribution in [0.1, 0.15) is 42.3 Å². The lowest BCUT2D eigenvalue weighted by atomic mass is 10.0. The van der Waals surface area contributed by atoms with Crippen molar-refractivity contribution in [2.75, 3.05) is 6.61 Å². The Hall–Kier alpha value is -3.07. The summed E-state index contributed by atoms with van der Waals surface area (Å²) >= 11 is 15.8. The van der Waals surface area contributed by atoms with Gasteiger partial charge in [-0.1, -0.05) is 61.3 Å². The standard InChI is InChI=1S/C28H28BrCl2N3O4/c1-4-37-24-13-18(12-22(29)26(24)38-16-20-10-11-21(30)14-23(20)31)15-32-34-28(36)25(17(2)3)33-27(35)19-8-6-5-7-9-19/h5-15,17,25H,4,16H2,1-3H3,(H,33,35)(H,34,36). The first-order valence-electron chi connectivity index (χ1n) is 11.9. The minimum absolute atomic E-state index is 0.151. The van der Waals surface area contributed by atoms with Crippen LogP contribution in [0.5, 0.6) is 11.5 Å². The fraction of sp³-hybridized carbons (Fsp3) is 0.250. The Balaban J connectivity index is 1.69. The number of amides is 2. The van der Waals surface area contributed by atoms with E-state index in [0.717, 1.165) is 5.56 Å². The number of hydrazone groups is 1. The van der Waals surface area contributed by atoms with Crippen molar-refractivity contribution in [1.82, 2.24) is 10.7 Å². The molecule has 0 heterocycles. The minimum atomic E-state index is -0.763. The predicted molar refractivity (Wildman–Crippen MR) is 154 cm³/mol. The van der Waals surface area contributed by atoms with Crippen LogP contribution in [0.3, 0.4) is 0 Å². The number of nitrogens with one attached hydrogen (secondary N) is 2. The van der Waals surface area contributed by atoms with E-state index in [1.54, 1.807) is 54.6 Å². The quantitative estimate of drug-likeness (QED) is 0.186. The lowest BCUT2D eigenvalue weighted by molar-refractivity contribution is -0.123. The number of carbonyl (C=O) groups is 2. The van der Waals surface area contributed by atoms with Crippen LogP contribution in [0.2, 0.25) is 10.0 Å². The van der Waals surface area contributed by atoms with E-state index in [4.69, 9.17) is 32.7 Å². The molecule has 0 aromatic heterocycles. The summed E-state index contributed by atoms with van der Waals surface area (Å²) in [5.41, 5.74) is 4.43. The van der Waals surface area contributed by atoms with E-state index in [-0.39, 0.29) is 18.4 Å². The van der Waals surface area contributed by atoms with Gasteiger partial charge in [0.05, 0.1) is 17.3 Å². The summed E-state index contributed by atoms with van der Waals surface area (Å²) in [4.78, 5) is 25.3. The van der Waals surface area contributed by atoms with E-state index in [1.165, 1.54) is 6.21 Å². The molecule has 0 aliphatic rings. The molecule has 0 aliphatic heterocycles. The van der Waals surface area contributed by atoms with Crippen LogP contribution in [0.15, 0.2) is 70.2 Å². The van der Waals surface area contributed by atoms with E-state index in [1.807, 2.05) is 26.8 Å². The molecule has 3 aromatic carbocycles. The predicted octanol–water partition coefficient (Wildman–Crippen LogP) is 6.64. The van der Waals surface area contributed by atoms with Crippen molar-refractivity contribution in [2.45, 2.75) is 33.4 Å². The van der Waals surface area contributed by atoms with Crippen molar-refractivity contribution >= 4 is 57.2 Å². The third kappa shape index (κ3) is 8.21. The molecule has 2 N–H and O–H groups in total. The van der Waals surface area contributed by atoms with E-state index >= 15 is 0 Å². The fourth-order valence-corrected chi connectivity index (χ4v) is 4.48. The highest BCUT2D eigenvalue weighted by Gasteiger charge is 2.24. The summed E-state index contributed by atoms with van der Waals surface area (Å²) in [6.07, 6.45) is 1.49. The maximum absolute atomic E-state index is 12.8. The van der Waals surface area contributed by atoms with Crippen LogP contribution >= 0.6 is 39.1 Å². The molecule has 0 saturated carbocycles. The Labute approximate surface area is 240 Å². The van der Waals surface area contributed by atoms with Gasteiger partial charge in [0.15, 0.2) is 11.5 Å². The second-order valence-corrected chi connectivity index (χ2v) is 10.3. The molecule has 3 aromatic rings. The molecular weight excluding hydrogens is 593 g/mol. The number of hydrogen-bond acceptors (Lipinski definition) is 5. The second kappa shape index (κ2) is 14.2. The normalized spacial score (nSPS) is 11.9. The number of carbonyl (C=O) groups excluding carboxylic acids is 2. The molecule has 0 spiro atoms. The molecule has 0 fully saturated rings. The van der Waals surface area contributed by atoms with E-state index in [9.17, 15) is 9.59 Å². The third-order valence-electron chi connectivity index (χ3n) is 5.38. The maximum Gasteiger partial charge on any atom is 0.262 e. The molecule has 0 saturated heterocycles. The summed E-state index contributed by atoms with van der Waals surface area (Å²) in [6, 6.07) is 16.7. The first-order chi connectivity index (χ1) is 18.2. The molecule has 38 heavy (non-hydrogen) atoms. The number of rotatable bonds is 11. The molecular formula is C28H28BrCl2N3O4. The summed E-state index contributed by atoms with van der Waals surface area (Å²) in [6.45, 7) is 6.19. The lowest BCUT2D eigenvalue weighted by Crippen LogP contribution is -2.48. The minimum Gasteiger partial charge on any atom is -0.490 e. The van der Waals surface area contributed by atoms with Gasteiger partial charge in [-0.15, -0.1) is 0 Å². The average Bonchev–Trinajstić information content (AvgIpc) is 2.88. The van der Waals surface area contributed by atoms with Gasteiger partial charge >= 0.3 is 0 Å². The zero-order valence-electron chi connectivity index (χ0n) is 21.1. The molecule has 1 unspecified atom stereocenters. The third-order valence-corrected chi connectivity index (χ3v) is 6.55. The number of halogens is 3.